The van der Waals surface area contributed by atoms with Crippen LogP contribution in [-0.4, -0.2) is 4.57 Å². The van der Waals surface area contributed by atoms with Crippen LogP contribution >= 0.6 is 0 Å². The van der Waals surface area contributed by atoms with Gasteiger partial charge in [-0.05, 0) is 145 Å². The van der Waals surface area contributed by atoms with Crippen LogP contribution in [0.2, 0.25) is 0 Å². The molecule has 0 radical (unpaired) electrons. The molecule has 0 saturated carbocycles. The second-order valence-corrected chi connectivity index (χ2v) is 20.4. The molecule has 14 rings (SSSR count). The van der Waals surface area contributed by atoms with Gasteiger partial charge in [-0.1, -0.05) is 191 Å². The van der Waals surface area contributed by atoms with Crippen LogP contribution in [0.5, 0.6) is 0 Å². The molecule has 0 bridgehead atoms. The van der Waals surface area contributed by atoms with Gasteiger partial charge in [0.05, 0.1) is 16.4 Å². The predicted octanol–water partition coefficient (Wildman–Crippen LogP) is 17.2. The number of aromatic nitrogens is 1. The zero-order valence-electron chi connectivity index (χ0n) is 39.3. The minimum atomic E-state index is -0.405. The molecular weight excluding hydrogens is 833 g/mol. The first-order valence-corrected chi connectivity index (χ1v) is 24.4. The average Bonchev–Trinajstić information content (AvgIpc) is 3.97. The Bertz CT molecular complexity index is 3860. The molecule has 2 nitrogen and oxygen atoms in total. The van der Waals surface area contributed by atoms with Crippen molar-refractivity contribution in [2.75, 3.05) is 4.90 Å². The highest BCUT2D eigenvalue weighted by molar-refractivity contribution is 6.11. The Labute approximate surface area is 404 Å². The van der Waals surface area contributed by atoms with Gasteiger partial charge in [0.1, 0.15) is 0 Å². The first-order valence-electron chi connectivity index (χ1n) is 24.4. The van der Waals surface area contributed by atoms with Gasteiger partial charge in [-0.25, -0.2) is 0 Å². The number of hydrogen-bond acceptors (Lipinski definition) is 1. The molecule has 328 valence electrons. The van der Waals surface area contributed by atoms with Crippen LogP contribution < -0.4 is 4.90 Å². The fourth-order valence-electron chi connectivity index (χ4n) is 13.1. The summed E-state index contributed by atoms with van der Waals surface area (Å²) in [5.74, 6) is 0. The third kappa shape index (κ3) is 5.43. The van der Waals surface area contributed by atoms with Crippen molar-refractivity contribution in [1.82, 2.24) is 4.57 Å². The van der Waals surface area contributed by atoms with Crippen molar-refractivity contribution in [3.05, 3.63) is 275 Å². The number of para-hydroxylation sites is 2. The van der Waals surface area contributed by atoms with Gasteiger partial charge in [-0.3, -0.25) is 0 Å². The van der Waals surface area contributed by atoms with E-state index < -0.39 is 5.41 Å². The summed E-state index contributed by atoms with van der Waals surface area (Å²) in [6.45, 7) is 9.57. The van der Waals surface area contributed by atoms with Crippen molar-refractivity contribution in [1.29, 1.82) is 0 Å². The molecule has 2 heteroatoms. The van der Waals surface area contributed by atoms with E-state index in [0.29, 0.717) is 0 Å². The molecule has 1 aromatic heterocycles. The molecule has 0 unspecified atom stereocenters. The van der Waals surface area contributed by atoms with Crippen LogP contribution in [0.15, 0.2) is 231 Å². The highest BCUT2D eigenvalue weighted by atomic mass is 15.1. The first kappa shape index (κ1) is 39.9. The molecule has 0 amide bonds. The molecule has 0 aliphatic heterocycles. The summed E-state index contributed by atoms with van der Waals surface area (Å²) in [6, 6.07) is 86.6. The van der Waals surface area contributed by atoms with Gasteiger partial charge < -0.3 is 9.47 Å². The Hall–Kier alpha value is -8.20. The Balaban J connectivity index is 0.930. The average molecular weight is 883 g/mol. The topological polar surface area (TPSA) is 8.17 Å². The largest absolute Gasteiger partial charge is 0.310 e. The highest BCUT2D eigenvalue weighted by Crippen LogP contribution is 2.62. The van der Waals surface area contributed by atoms with Crippen molar-refractivity contribution < 1.29 is 0 Å². The maximum atomic E-state index is 2.50. The van der Waals surface area contributed by atoms with E-state index in [1.165, 1.54) is 99.7 Å². The number of rotatable bonds is 5. The molecule has 11 aromatic rings. The Morgan fingerprint density at radius 1 is 0.304 bits per heavy atom. The van der Waals surface area contributed by atoms with Gasteiger partial charge in [-0.15, -0.1) is 0 Å². The minimum Gasteiger partial charge on any atom is -0.310 e. The lowest BCUT2D eigenvalue weighted by molar-refractivity contribution is 0.563. The summed E-state index contributed by atoms with van der Waals surface area (Å²) in [6.07, 6.45) is 0. The molecule has 0 fully saturated rings. The van der Waals surface area contributed by atoms with Crippen molar-refractivity contribution in [3.63, 3.8) is 0 Å². The first-order chi connectivity index (χ1) is 33.7. The lowest BCUT2D eigenvalue weighted by atomic mass is 9.55. The second kappa shape index (κ2) is 14.4. The van der Waals surface area contributed by atoms with Crippen LogP contribution in [0.3, 0.4) is 0 Å². The normalized spacial score (nSPS) is 15.0. The van der Waals surface area contributed by atoms with Crippen LogP contribution in [0, 0.1) is 0 Å². The standard InChI is InChI=1S/C67H50N2/c1-65(2)55-24-12-8-20-49(55)52-37-35-48(42-61(52)65)68(47-36-39-64-54(41-47)53-23-11-17-29-63(53)69(64)45-18-6-5-7-19-45)46-33-30-43(31-34-46)44-32-38-60-62(40-44)66(3,4)58-27-15-16-28-59(58)67(60)56-25-13-9-21-50(56)51-22-10-14-26-57(51)67/h5-42H,1-4H3. The van der Waals surface area contributed by atoms with Crippen molar-refractivity contribution >= 4 is 38.9 Å². The van der Waals surface area contributed by atoms with E-state index in [4.69, 9.17) is 0 Å². The number of fused-ring (bicyclic) bond motifs is 15. The van der Waals surface area contributed by atoms with Crippen LogP contribution in [-0.2, 0) is 16.2 Å². The second-order valence-electron chi connectivity index (χ2n) is 20.4. The molecule has 1 spiro atoms. The molecule has 0 N–H and O–H groups in total. The summed E-state index contributed by atoms with van der Waals surface area (Å²) in [7, 11) is 0. The van der Waals surface area contributed by atoms with Crippen molar-refractivity contribution in [2.45, 2.75) is 43.9 Å². The summed E-state index contributed by atoms with van der Waals surface area (Å²) in [4.78, 5) is 2.46. The van der Waals surface area contributed by atoms with Crippen LogP contribution in [0.25, 0.3) is 60.9 Å². The van der Waals surface area contributed by atoms with Crippen LogP contribution in [0.4, 0.5) is 17.1 Å². The summed E-state index contributed by atoms with van der Waals surface area (Å²) in [5.41, 5.74) is 24.9. The number of hydrogen-bond donors (Lipinski definition) is 0. The number of benzene rings is 10. The van der Waals surface area contributed by atoms with Gasteiger partial charge in [0.15, 0.2) is 0 Å². The van der Waals surface area contributed by atoms with E-state index in [1.54, 1.807) is 0 Å². The zero-order valence-corrected chi connectivity index (χ0v) is 39.3. The Morgan fingerprint density at radius 3 is 1.52 bits per heavy atom. The third-order valence-corrected chi connectivity index (χ3v) is 16.3. The van der Waals surface area contributed by atoms with Crippen LogP contribution in [0.1, 0.15) is 72.2 Å². The Kier molecular flexibility index (Phi) is 8.33. The van der Waals surface area contributed by atoms with E-state index in [-0.39, 0.29) is 10.8 Å². The van der Waals surface area contributed by atoms with Crippen molar-refractivity contribution in [2.24, 2.45) is 0 Å². The van der Waals surface area contributed by atoms with E-state index in [2.05, 4.69) is 268 Å². The van der Waals surface area contributed by atoms with Gasteiger partial charge >= 0.3 is 0 Å². The molecule has 0 atom stereocenters. The summed E-state index contributed by atoms with van der Waals surface area (Å²) >= 11 is 0. The molecule has 10 aromatic carbocycles. The lowest BCUT2D eigenvalue weighted by Crippen LogP contribution is -2.40. The quantitative estimate of drug-likeness (QED) is 0.167. The monoisotopic (exact) mass is 882 g/mol. The minimum absolute atomic E-state index is 0.132. The van der Waals surface area contributed by atoms with E-state index >= 15 is 0 Å². The van der Waals surface area contributed by atoms with Gasteiger partial charge in [-0.2, -0.15) is 0 Å². The smallest absolute Gasteiger partial charge is 0.0719 e. The maximum Gasteiger partial charge on any atom is 0.0719 e. The molecule has 0 saturated heterocycles. The van der Waals surface area contributed by atoms with E-state index in [1.807, 2.05) is 0 Å². The van der Waals surface area contributed by atoms with E-state index in [0.717, 1.165) is 22.7 Å². The Morgan fingerprint density at radius 2 is 0.797 bits per heavy atom. The predicted molar refractivity (Wildman–Crippen MR) is 288 cm³/mol. The molecule has 3 aliphatic rings. The molecule has 3 aliphatic carbocycles. The fraction of sp³-hybridized carbons (Fsp3) is 0.104. The summed E-state index contributed by atoms with van der Waals surface area (Å²) in [5, 5.41) is 2.47. The third-order valence-electron chi connectivity index (χ3n) is 16.3. The lowest BCUT2D eigenvalue weighted by Gasteiger charge is -2.46. The van der Waals surface area contributed by atoms with Gasteiger partial charge in [0.25, 0.3) is 0 Å². The number of anilines is 3. The van der Waals surface area contributed by atoms with Crippen molar-refractivity contribution in [3.8, 4) is 39.1 Å². The SMILES string of the molecule is CC1(C)c2ccccc2-c2ccc(N(c3ccc(-c4ccc5c(c4)C(C)(C)c4ccccc4C54c5ccccc5-c5ccccc54)cc3)c3ccc4c(c3)c3ccccc3n4-c3ccccc3)cc21. The van der Waals surface area contributed by atoms with Gasteiger partial charge in [0.2, 0.25) is 0 Å². The fourth-order valence-corrected chi connectivity index (χ4v) is 13.1. The molecule has 1 heterocycles. The van der Waals surface area contributed by atoms with E-state index in [9.17, 15) is 0 Å². The van der Waals surface area contributed by atoms with Gasteiger partial charge in [0, 0.05) is 44.4 Å². The molecule has 69 heavy (non-hydrogen) atoms. The summed E-state index contributed by atoms with van der Waals surface area (Å²) < 4.78 is 2.40. The maximum absolute atomic E-state index is 2.50. The highest BCUT2D eigenvalue weighted by Gasteiger charge is 2.53. The number of nitrogens with zero attached hydrogens (tertiary/aromatic N) is 2. The zero-order chi connectivity index (χ0) is 46.2. The molecular formula is C67H50N2.